The van der Waals surface area contributed by atoms with E-state index in [9.17, 15) is 9.59 Å². The molecule has 0 spiro atoms. The quantitative estimate of drug-likeness (QED) is 0.538. The molecule has 0 radical (unpaired) electrons. The highest BCUT2D eigenvalue weighted by molar-refractivity contribution is 5.95. The summed E-state index contributed by atoms with van der Waals surface area (Å²) in [6.45, 7) is 0.0904. The third-order valence-corrected chi connectivity index (χ3v) is 2.42. The number of aliphatic hydroxyl groups is 1. The lowest BCUT2D eigenvalue weighted by molar-refractivity contribution is -0.146. The van der Waals surface area contributed by atoms with Crippen molar-refractivity contribution >= 4 is 11.9 Å². The second-order valence-electron chi connectivity index (χ2n) is 3.76. The zero-order chi connectivity index (χ0) is 13.5. The summed E-state index contributed by atoms with van der Waals surface area (Å²) in [5.74, 6) is -1.79. The zero-order valence-electron chi connectivity index (χ0n) is 9.80. The third kappa shape index (κ3) is 3.83. The molecule has 0 saturated heterocycles. The molecule has 0 saturated carbocycles. The van der Waals surface area contributed by atoms with E-state index in [-0.39, 0.29) is 6.54 Å². The number of aliphatic carboxylic acids is 1. The first kappa shape index (κ1) is 14.1. The smallest absolute Gasteiger partial charge is 0.334 e. The molecule has 1 aromatic rings. The molecule has 1 rings (SSSR count). The van der Waals surface area contributed by atoms with Crippen LogP contribution in [0.2, 0.25) is 0 Å². The van der Waals surface area contributed by atoms with Crippen molar-refractivity contribution in [1.82, 2.24) is 5.32 Å². The van der Waals surface area contributed by atoms with E-state index in [1.54, 1.807) is 24.3 Å². The summed E-state index contributed by atoms with van der Waals surface area (Å²) in [5.41, 5.74) is 6.68. The van der Waals surface area contributed by atoms with E-state index in [1.807, 2.05) is 0 Å². The van der Waals surface area contributed by atoms with Gasteiger partial charge in [0.05, 0.1) is 6.54 Å². The Hall–Kier alpha value is -1.92. The first-order chi connectivity index (χ1) is 8.56. The summed E-state index contributed by atoms with van der Waals surface area (Å²) >= 11 is 0. The Morgan fingerprint density at radius 2 is 2.00 bits per heavy atom. The van der Waals surface area contributed by atoms with Crippen LogP contribution in [0.1, 0.15) is 15.9 Å². The second-order valence-corrected chi connectivity index (χ2v) is 3.76. The molecule has 6 heteroatoms. The average molecular weight is 252 g/mol. The minimum atomic E-state index is -1.60. The number of carboxylic acids is 1. The predicted molar refractivity (Wildman–Crippen MR) is 65.2 cm³/mol. The summed E-state index contributed by atoms with van der Waals surface area (Å²) in [4.78, 5) is 22.2. The first-order valence-electron chi connectivity index (χ1n) is 5.53. The molecule has 1 amide bonds. The SMILES string of the molecule is NCCc1ccccc1C(=O)NCC(O)C(=O)O. The minimum Gasteiger partial charge on any atom is -0.479 e. The van der Waals surface area contributed by atoms with Crippen molar-refractivity contribution in [2.24, 2.45) is 5.73 Å². The molecule has 0 aliphatic heterocycles. The van der Waals surface area contributed by atoms with Crippen LogP contribution in [-0.2, 0) is 11.2 Å². The van der Waals surface area contributed by atoms with Gasteiger partial charge in [-0.2, -0.15) is 0 Å². The number of nitrogens with one attached hydrogen (secondary N) is 1. The van der Waals surface area contributed by atoms with Crippen molar-refractivity contribution < 1.29 is 19.8 Å². The fourth-order valence-corrected chi connectivity index (χ4v) is 1.49. The molecule has 0 heterocycles. The highest BCUT2D eigenvalue weighted by atomic mass is 16.4. The molecular weight excluding hydrogens is 236 g/mol. The van der Waals surface area contributed by atoms with Crippen molar-refractivity contribution in [2.45, 2.75) is 12.5 Å². The standard InChI is InChI=1S/C12H16N2O4/c13-6-5-8-3-1-2-4-9(8)11(16)14-7-10(15)12(17)18/h1-4,10,15H,5-7,13H2,(H,14,16)(H,17,18). The van der Waals surface area contributed by atoms with Crippen LogP contribution in [0, 0.1) is 0 Å². The number of amides is 1. The second kappa shape index (κ2) is 6.73. The van der Waals surface area contributed by atoms with Gasteiger partial charge in [-0.15, -0.1) is 0 Å². The molecule has 1 aromatic carbocycles. The van der Waals surface area contributed by atoms with Crippen molar-refractivity contribution in [3.63, 3.8) is 0 Å². The van der Waals surface area contributed by atoms with Gasteiger partial charge in [-0.25, -0.2) is 4.79 Å². The molecule has 0 aromatic heterocycles. The summed E-state index contributed by atoms with van der Waals surface area (Å²) in [5, 5.41) is 19.9. The van der Waals surface area contributed by atoms with Gasteiger partial charge in [0.25, 0.3) is 5.91 Å². The fraction of sp³-hybridized carbons (Fsp3) is 0.333. The van der Waals surface area contributed by atoms with Crippen molar-refractivity contribution in [3.05, 3.63) is 35.4 Å². The lowest BCUT2D eigenvalue weighted by Gasteiger charge is -2.10. The van der Waals surface area contributed by atoms with Crippen molar-refractivity contribution in [1.29, 1.82) is 0 Å². The number of hydrogen-bond acceptors (Lipinski definition) is 4. The van der Waals surface area contributed by atoms with E-state index in [0.29, 0.717) is 18.5 Å². The van der Waals surface area contributed by atoms with Gasteiger partial charge in [-0.1, -0.05) is 18.2 Å². The van der Waals surface area contributed by atoms with E-state index >= 15 is 0 Å². The van der Waals surface area contributed by atoms with Crippen LogP contribution in [0.25, 0.3) is 0 Å². The Morgan fingerprint density at radius 3 is 2.61 bits per heavy atom. The van der Waals surface area contributed by atoms with E-state index in [0.717, 1.165) is 5.56 Å². The van der Waals surface area contributed by atoms with Crippen LogP contribution < -0.4 is 11.1 Å². The normalized spacial score (nSPS) is 11.9. The van der Waals surface area contributed by atoms with Crippen LogP contribution in [0.4, 0.5) is 0 Å². The summed E-state index contributed by atoms with van der Waals surface area (Å²) in [7, 11) is 0. The number of carboxylic acid groups (broad SMARTS) is 1. The zero-order valence-corrected chi connectivity index (χ0v) is 9.80. The fourth-order valence-electron chi connectivity index (χ4n) is 1.49. The van der Waals surface area contributed by atoms with Crippen LogP contribution in [0.15, 0.2) is 24.3 Å². The lowest BCUT2D eigenvalue weighted by atomic mass is 10.0. The van der Waals surface area contributed by atoms with Crippen LogP contribution in [0.3, 0.4) is 0 Å². The predicted octanol–water partition coefficient (Wildman–Crippen LogP) is -0.637. The lowest BCUT2D eigenvalue weighted by Crippen LogP contribution is -2.36. The molecule has 1 unspecified atom stereocenters. The van der Waals surface area contributed by atoms with Crippen molar-refractivity contribution in [3.8, 4) is 0 Å². The monoisotopic (exact) mass is 252 g/mol. The van der Waals surface area contributed by atoms with Gasteiger partial charge < -0.3 is 21.3 Å². The number of hydrogen-bond donors (Lipinski definition) is 4. The average Bonchev–Trinajstić information content (AvgIpc) is 2.36. The summed E-state index contributed by atoms with van der Waals surface area (Å²) in [6, 6.07) is 6.93. The van der Waals surface area contributed by atoms with E-state index < -0.39 is 18.0 Å². The molecule has 98 valence electrons. The summed E-state index contributed by atoms with van der Waals surface area (Å²) in [6.07, 6.45) is -1.04. The molecule has 6 nitrogen and oxygen atoms in total. The highest BCUT2D eigenvalue weighted by Gasteiger charge is 2.16. The molecule has 1 atom stereocenters. The number of aliphatic hydroxyl groups excluding tert-OH is 1. The van der Waals surface area contributed by atoms with Gasteiger partial charge in [0, 0.05) is 5.56 Å². The van der Waals surface area contributed by atoms with Crippen LogP contribution in [-0.4, -0.2) is 41.3 Å². The maximum atomic E-state index is 11.8. The highest BCUT2D eigenvalue weighted by Crippen LogP contribution is 2.08. The minimum absolute atomic E-state index is 0.328. The number of nitrogens with two attached hydrogens (primary N) is 1. The Balaban J connectivity index is 2.69. The largest absolute Gasteiger partial charge is 0.479 e. The molecular formula is C12H16N2O4. The topological polar surface area (TPSA) is 113 Å². The van der Waals surface area contributed by atoms with Gasteiger partial charge in [-0.3, -0.25) is 4.79 Å². The van der Waals surface area contributed by atoms with Gasteiger partial charge in [0.2, 0.25) is 0 Å². The maximum Gasteiger partial charge on any atom is 0.334 e. The molecule has 0 fully saturated rings. The Morgan fingerprint density at radius 1 is 1.33 bits per heavy atom. The van der Waals surface area contributed by atoms with Gasteiger partial charge in [0.15, 0.2) is 6.10 Å². The maximum absolute atomic E-state index is 11.8. The molecule has 18 heavy (non-hydrogen) atoms. The van der Waals surface area contributed by atoms with Gasteiger partial charge in [0.1, 0.15) is 0 Å². The molecule has 5 N–H and O–H groups in total. The number of benzene rings is 1. The molecule has 0 bridgehead atoms. The Bertz CT molecular complexity index is 434. The van der Waals surface area contributed by atoms with E-state index in [2.05, 4.69) is 5.32 Å². The van der Waals surface area contributed by atoms with Crippen molar-refractivity contribution in [2.75, 3.05) is 13.1 Å². The number of carbonyl (C=O) groups excluding carboxylic acids is 1. The number of rotatable bonds is 6. The summed E-state index contributed by atoms with van der Waals surface area (Å²) < 4.78 is 0. The number of carbonyl (C=O) groups is 2. The molecule has 0 aliphatic carbocycles. The van der Waals surface area contributed by atoms with E-state index in [1.165, 1.54) is 0 Å². The first-order valence-corrected chi connectivity index (χ1v) is 5.53. The van der Waals surface area contributed by atoms with Crippen LogP contribution in [0.5, 0.6) is 0 Å². The molecule has 0 aliphatic rings. The van der Waals surface area contributed by atoms with Crippen LogP contribution >= 0.6 is 0 Å². The van der Waals surface area contributed by atoms with E-state index in [4.69, 9.17) is 15.9 Å². The van der Waals surface area contributed by atoms with Gasteiger partial charge >= 0.3 is 5.97 Å². The third-order valence-electron chi connectivity index (χ3n) is 2.42. The van der Waals surface area contributed by atoms with Gasteiger partial charge in [-0.05, 0) is 24.6 Å². The Kier molecular flexibility index (Phi) is 5.29. The Labute approximate surface area is 104 Å².